The molecular formula is C13H23N3OS. The van der Waals surface area contributed by atoms with Crippen LogP contribution < -0.4 is 10.6 Å². The lowest BCUT2D eigenvalue weighted by molar-refractivity contribution is -0.122. The van der Waals surface area contributed by atoms with Gasteiger partial charge in [-0.1, -0.05) is 13.8 Å². The van der Waals surface area contributed by atoms with E-state index >= 15 is 0 Å². The lowest BCUT2D eigenvalue weighted by Gasteiger charge is -2.14. The summed E-state index contributed by atoms with van der Waals surface area (Å²) < 4.78 is 0. The molecule has 18 heavy (non-hydrogen) atoms. The zero-order chi connectivity index (χ0) is 13.5. The Morgan fingerprint density at radius 2 is 2.17 bits per heavy atom. The minimum Gasteiger partial charge on any atom is -0.354 e. The van der Waals surface area contributed by atoms with Gasteiger partial charge in [-0.3, -0.25) is 4.79 Å². The van der Waals surface area contributed by atoms with Gasteiger partial charge >= 0.3 is 0 Å². The molecule has 0 bridgehead atoms. The van der Waals surface area contributed by atoms with E-state index < -0.39 is 0 Å². The number of carbonyl (C=O) groups is 1. The van der Waals surface area contributed by atoms with E-state index in [2.05, 4.69) is 29.5 Å². The number of hydrogen-bond acceptors (Lipinski definition) is 4. The van der Waals surface area contributed by atoms with Crippen molar-refractivity contribution < 1.29 is 4.79 Å². The highest BCUT2D eigenvalue weighted by atomic mass is 32.1. The molecule has 2 N–H and O–H groups in total. The second-order valence-electron chi connectivity index (χ2n) is 4.93. The molecule has 1 rings (SSSR count). The number of rotatable bonds is 7. The minimum atomic E-state index is -0.142. The Hall–Kier alpha value is -0.940. The standard InChI is InChI=1S/C13H23N3OS/c1-9(2)7-15-13(17)11(4)14-6-5-12-10(3)16-8-18-12/h8-9,11,14H,5-7H2,1-4H3,(H,15,17). The summed E-state index contributed by atoms with van der Waals surface area (Å²) in [6.07, 6.45) is 0.929. The van der Waals surface area contributed by atoms with Crippen molar-refractivity contribution in [3.05, 3.63) is 16.1 Å². The average Bonchev–Trinajstić information content (AvgIpc) is 2.72. The lowest BCUT2D eigenvalue weighted by Crippen LogP contribution is -2.43. The highest BCUT2D eigenvalue weighted by molar-refractivity contribution is 7.09. The summed E-state index contributed by atoms with van der Waals surface area (Å²) in [5, 5.41) is 6.16. The molecule has 1 unspecified atom stereocenters. The molecule has 1 aromatic rings. The zero-order valence-electron chi connectivity index (χ0n) is 11.6. The second kappa shape index (κ2) is 7.48. The molecule has 1 heterocycles. The number of thiazole rings is 1. The SMILES string of the molecule is Cc1ncsc1CCNC(C)C(=O)NCC(C)C. The van der Waals surface area contributed by atoms with E-state index in [1.165, 1.54) is 4.88 Å². The summed E-state index contributed by atoms with van der Waals surface area (Å²) in [7, 11) is 0. The first-order chi connectivity index (χ1) is 8.50. The Morgan fingerprint density at radius 3 is 2.72 bits per heavy atom. The van der Waals surface area contributed by atoms with Crippen LogP contribution in [-0.4, -0.2) is 30.0 Å². The molecule has 5 heteroatoms. The molecule has 0 radical (unpaired) electrons. The first kappa shape index (κ1) is 15.1. The molecule has 0 saturated heterocycles. The molecule has 0 fully saturated rings. The first-order valence-electron chi connectivity index (χ1n) is 6.40. The molecule has 0 aromatic carbocycles. The van der Waals surface area contributed by atoms with Gasteiger partial charge in [0, 0.05) is 18.0 Å². The number of aromatic nitrogens is 1. The summed E-state index contributed by atoms with van der Waals surface area (Å²) in [5.41, 5.74) is 2.96. The third-order valence-corrected chi connectivity index (χ3v) is 3.72. The topological polar surface area (TPSA) is 54.0 Å². The van der Waals surface area contributed by atoms with Gasteiger partial charge < -0.3 is 10.6 Å². The van der Waals surface area contributed by atoms with Crippen LogP contribution in [0.15, 0.2) is 5.51 Å². The molecule has 0 saturated carbocycles. The van der Waals surface area contributed by atoms with Crippen LogP contribution in [0.25, 0.3) is 0 Å². The molecule has 1 amide bonds. The summed E-state index contributed by atoms with van der Waals surface area (Å²) in [4.78, 5) is 17.2. The van der Waals surface area contributed by atoms with Crippen molar-refractivity contribution >= 4 is 17.2 Å². The Bertz CT molecular complexity index is 376. The van der Waals surface area contributed by atoms with E-state index in [4.69, 9.17) is 0 Å². The molecule has 1 aromatic heterocycles. The number of nitrogens with zero attached hydrogens (tertiary/aromatic N) is 1. The van der Waals surface area contributed by atoms with Crippen LogP contribution in [0, 0.1) is 12.8 Å². The summed E-state index contributed by atoms with van der Waals surface area (Å²) in [6.45, 7) is 9.63. The molecular weight excluding hydrogens is 246 g/mol. The number of amides is 1. The molecule has 4 nitrogen and oxygen atoms in total. The van der Waals surface area contributed by atoms with Gasteiger partial charge in [-0.2, -0.15) is 0 Å². The van der Waals surface area contributed by atoms with Crippen molar-refractivity contribution in [2.24, 2.45) is 5.92 Å². The van der Waals surface area contributed by atoms with Crippen molar-refractivity contribution in [1.82, 2.24) is 15.6 Å². The van der Waals surface area contributed by atoms with Crippen molar-refractivity contribution in [1.29, 1.82) is 0 Å². The number of nitrogens with one attached hydrogen (secondary N) is 2. The van der Waals surface area contributed by atoms with Crippen LogP contribution in [0.1, 0.15) is 31.3 Å². The Balaban J connectivity index is 2.22. The third-order valence-electron chi connectivity index (χ3n) is 2.73. The monoisotopic (exact) mass is 269 g/mol. The van der Waals surface area contributed by atoms with Crippen LogP contribution in [0.3, 0.4) is 0 Å². The fourth-order valence-electron chi connectivity index (χ4n) is 1.52. The molecule has 0 aliphatic carbocycles. The van der Waals surface area contributed by atoms with Crippen molar-refractivity contribution in [2.75, 3.05) is 13.1 Å². The fourth-order valence-corrected chi connectivity index (χ4v) is 2.30. The van der Waals surface area contributed by atoms with Gasteiger partial charge in [0.25, 0.3) is 0 Å². The quantitative estimate of drug-likeness (QED) is 0.793. The largest absolute Gasteiger partial charge is 0.354 e. The van der Waals surface area contributed by atoms with Gasteiger partial charge in [0.2, 0.25) is 5.91 Å². The normalized spacial score (nSPS) is 12.7. The van der Waals surface area contributed by atoms with E-state index in [1.54, 1.807) is 11.3 Å². The second-order valence-corrected chi connectivity index (χ2v) is 5.87. The Kier molecular flexibility index (Phi) is 6.29. The van der Waals surface area contributed by atoms with Crippen molar-refractivity contribution in [3.8, 4) is 0 Å². The smallest absolute Gasteiger partial charge is 0.236 e. The van der Waals surface area contributed by atoms with Crippen LogP contribution in [0.5, 0.6) is 0 Å². The third kappa shape index (κ3) is 5.14. The number of hydrogen-bond donors (Lipinski definition) is 2. The van der Waals surface area contributed by atoms with Gasteiger partial charge in [0.1, 0.15) is 0 Å². The van der Waals surface area contributed by atoms with Gasteiger partial charge in [-0.15, -0.1) is 11.3 Å². The van der Waals surface area contributed by atoms with Gasteiger partial charge in [0.15, 0.2) is 0 Å². The minimum absolute atomic E-state index is 0.0738. The first-order valence-corrected chi connectivity index (χ1v) is 7.28. The number of carbonyl (C=O) groups excluding carboxylic acids is 1. The van der Waals surface area contributed by atoms with Gasteiger partial charge in [0.05, 0.1) is 17.2 Å². The summed E-state index contributed by atoms with van der Waals surface area (Å²) in [5.74, 6) is 0.561. The predicted molar refractivity (Wildman–Crippen MR) is 75.9 cm³/mol. The van der Waals surface area contributed by atoms with Crippen molar-refractivity contribution in [2.45, 2.75) is 40.2 Å². The van der Waals surface area contributed by atoms with E-state index in [1.807, 2.05) is 19.4 Å². The van der Waals surface area contributed by atoms with Crippen LogP contribution in [-0.2, 0) is 11.2 Å². The molecule has 1 atom stereocenters. The van der Waals surface area contributed by atoms with Crippen LogP contribution in [0.4, 0.5) is 0 Å². The maximum absolute atomic E-state index is 11.7. The molecule has 0 aliphatic heterocycles. The highest BCUT2D eigenvalue weighted by Gasteiger charge is 2.12. The molecule has 0 aliphatic rings. The summed E-state index contributed by atoms with van der Waals surface area (Å²) in [6, 6.07) is -0.142. The van der Waals surface area contributed by atoms with E-state index in [-0.39, 0.29) is 11.9 Å². The van der Waals surface area contributed by atoms with E-state index in [0.29, 0.717) is 5.92 Å². The van der Waals surface area contributed by atoms with E-state index in [0.717, 1.165) is 25.2 Å². The maximum Gasteiger partial charge on any atom is 0.236 e. The van der Waals surface area contributed by atoms with Gasteiger partial charge in [-0.05, 0) is 26.2 Å². The van der Waals surface area contributed by atoms with E-state index in [9.17, 15) is 4.79 Å². The predicted octanol–water partition coefficient (Wildman–Crippen LogP) is 1.74. The lowest BCUT2D eigenvalue weighted by atomic mass is 10.2. The zero-order valence-corrected chi connectivity index (χ0v) is 12.4. The Morgan fingerprint density at radius 1 is 1.44 bits per heavy atom. The van der Waals surface area contributed by atoms with Gasteiger partial charge in [-0.25, -0.2) is 4.98 Å². The average molecular weight is 269 g/mol. The van der Waals surface area contributed by atoms with Crippen molar-refractivity contribution in [3.63, 3.8) is 0 Å². The summed E-state index contributed by atoms with van der Waals surface area (Å²) >= 11 is 1.67. The molecule has 102 valence electrons. The van der Waals surface area contributed by atoms with Crippen LogP contribution in [0.2, 0.25) is 0 Å². The highest BCUT2D eigenvalue weighted by Crippen LogP contribution is 2.11. The Labute approximate surface area is 113 Å². The maximum atomic E-state index is 11.7. The van der Waals surface area contributed by atoms with Crippen LogP contribution >= 0.6 is 11.3 Å². The number of aryl methyl sites for hydroxylation is 1. The fraction of sp³-hybridized carbons (Fsp3) is 0.692. The molecule has 0 spiro atoms.